The molecule has 1 aliphatic rings. The van der Waals surface area contributed by atoms with Gasteiger partial charge in [0.25, 0.3) is 0 Å². The Balaban J connectivity index is 1.95. The topological polar surface area (TPSA) is 72.3 Å². The highest BCUT2D eigenvalue weighted by atomic mass is 32.2. The molecule has 7 heteroatoms. The first-order valence-corrected chi connectivity index (χ1v) is 8.47. The van der Waals surface area contributed by atoms with E-state index in [1.165, 1.54) is 23.1 Å². The van der Waals surface area contributed by atoms with Crippen LogP contribution in [0.3, 0.4) is 0 Å². The van der Waals surface area contributed by atoms with E-state index in [1.807, 2.05) is 17.5 Å². The Hall–Kier alpha value is -2.12. The standard InChI is InChI=1S/C16H14N2O3S2/c1-20-10-4-3-9(11(8-10)21-2)7-12-14(19)13(15(17)23-12)16-18-5-6-22-16/h3-8,13,17H,1-2H3/b12-7-,17-15?/t13-/m0/s1. The number of ether oxygens (including phenoxy) is 2. The fraction of sp³-hybridized carbons (Fsp3) is 0.188. The average Bonchev–Trinajstić information content (AvgIpc) is 3.16. The lowest BCUT2D eigenvalue weighted by atomic mass is 10.0. The highest BCUT2D eigenvalue weighted by molar-refractivity contribution is 8.19. The molecule has 2 heterocycles. The third-order valence-corrected chi connectivity index (χ3v) is 5.25. The van der Waals surface area contributed by atoms with Crippen LogP contribution in [0.5, 0.6) is 11.5 Å². The third-order valence-electron chi connectivity index (χ3n) is 3.41. The van der Waals surface area contributed by atoms with Gasteiger partial charge < -0.3 is 9.47 Å². The number of carbonyl (C=O) groups excluding carboxylic acids is 1. The van der Waals surface area contributed by atoms with Crippen molar-refractivity contribution in [2.24, 2.45) is 0 Å². The number of thiazole rings is 1. The second kappa shape index (κ2) is 6.55. The highest BCUT2D eigenvalue weighted by Crippen LogP contribution is 2.42. The van der Waals surface area contributed by atoms with Crippen molar-refractivity contribution >= 4 is 40.0 Å². The van der Waals surface area contributed by atoms with Gasteiger partial charge in [-0.15, -0.1) is 11.3 Å². The second-order valence-corrected chi connectivity index (χ2v) is 6.76. The largest absolute Gasteiger partial charge is 0.497 e. The van der Waals surface area contributed by atoms with E-state index in [-0.39, 0.29) is 5.78 Å². The number of benzene rings is 1. The van der Waals surface area contributed by atoms with Crippen molar-refractivity contribution in [3.05, 3.63) is 45.3 Å². The second-order valence-electron chi connectivity index (χ2n) is 4.75. The van der Waals surface area contributed by atoms with Gasteiger partial charge in [0.05, 0.1) is 24.2 Å². The van der Waals surface area contributed by atoms with Crippen molar-refractivity contribution in [3.8, 4) is 11.5 Å². The summed E-state index contributed by atoms with van der Waals surface area (Å²) in [5, 5.41) is 10.9. The van der Waals surface area contributed by atoms with Crippen molar-refractivity contribution in [2.45, 2.75) is 5.92 Å². The average molecular weight is 346 g/mol. The van der Waals surface area contributed by atoms with Crippen LogP contribution >= 0.6 is 23.1 Å². The van der Waals surface area contributed by atoms with Crippen molar-refractivity contribution < 1.29 is 14.3 Å². The lowest BCUT2D eigenvalue weighted by molar-refractivity contribution is -0.114. The van der Waals surface area contributed by atoms with Crippen LogP contribution < -0.4 is 9.47 Å². The Labute approximate surface area is 141 Å². The minimum atomic E-state index is -0.574. The SMILES string of the molecule is COc1ccc(/C=C2\SC(=N)[C@@H](c3nccs3)C2=O)c(OC)c1. The van der Waals surface area contributed by atoms with E-state index in [0.29, 0.717) is 26.5 Å². The van der Waals surface area contributed by atoms with Crippen molar-refractivity contribution in [1.29, 1.82) is 5.41 Å². The van der Waals surface area contributed by atoms with Crippen LogP contribution in [-0.2, 0) is 4.79 Å². The number of rotatable bonds is 4. The maximum Gasteiger partial charge on any atom is 0.186 e. The van der Waals surface area contributed by atoms with Crippen LogP contribution in [0.25, 0.3) is 6.08 Å². The van der Waals surface area contributed by atoms with E-state index in [9.17, 15) is 4.79 Å². The van der Waals surface area contributed by atoms with E-state index in [4.69, 9.17) is 14.9 Å². The van der Waals surface area contributed by atoms with Crippen LogP contribution in [0.2, 0.25) is 0 Å². The molecule has 0 radical (unpaired) electrons. The molecule has 118 valence electrons. The van der Waals surface area contributed by atoms with Gasteiger partial charge in [0.1, 0.15) is 22.4 Å². The zero-order valence-corrected chi connectivity index (χ0v) is 14.2. The van der Waals surface area contributed by atoms with Crippen LogP contribution in [0, 0.1) is 5.41 Å². The first-order chi connectivity index (χ1) is 11.1. The zero-order chi connectivity index (χ0) is 16.4. The first kappa shape index (κ1) is 15.8. The molecule has 1 saturated heterocycles. The Bertz CT molecular complexity index is 785. The summed E-state index contributed by atoms with van der Waals surface area (Å²) in [5.74, 6) is 0.639. The minimum absolute atomic E-state index is 0.0900. The van der Waals surface area contributed by atoms with Crippen LogP contribution in [0.15, 0.2) is 34.7 Å². The number of hydrogen-bond acceptors (Lipinski definition) is 7. The van der Waals surface area contributed by atoms with E-state index in [1.54, 1.807) is 32.6 Å². The molecule has 23 heavy (non-hydrogen) atoms. The molecule has 0 saturated carbocycles. The molecule has 0 bridgehead atoms. The Morgan fingerprint density at radius 1 is 1.30 bits per heavy atom. The van der Waals surface area contributed by atoms with E-state index in [2.05, 4.69) is 4.98 Å². The Kier molecular flexibility index (Phi) is 4.49. The molecule has 0 spiro atoms. The number of nitrogens with zero attached hydrogens (tertiary/aromatic N) is 1. The quantitative estimate of drug-likeness (QED) is 0.857. The van der Waals surface area contributed by atoms with Crippen molar-refractivity contribution in [3.63, 3.8) is 0 Å². The fourth-order valence-electron chi connectivity index (χ4n) is 2.27. The Morgan fingerprint density at radius 3 is 2.78 bits per heavy atom. The molecule has 1 aromatic carbocycles. The number of carbonyl (C=O) groups is 1. The molecule has 5 nitrogen and oxygen atoms in total. The molecule has 1 atom stereocenters. The molecule has 1 N–H and O–H groups in total. The number of Topliss-reactive ketones (excluding diaryl/α,β-unsaturated/α-hetero) is 1. The normalized spacial score (nSPS) is 19.4. The number of thioether (sulfide) groups is 1. The Morgan fingerprint density at radius 2 is 2.13 bits per heavy atom. The molecular weight excluding hydrogens is 332 g/mol. The number of hydrogen-bond donors (Lipinski definition) is 1. The zero-order valence-electron chi connectivity index (χ0n) is 12.5. The molecule has 0 aliphatic carbocycles. The molecule has 0 amide bonds. The summed E-state index contributed by atoms with van der Waals surface area (Å²) in [6, 6.07) is 5.40. The van der Waals surface area contributed by atoms with E-state index in [0.717, 1.165) is 5.56 Å². The number of allylic oxidation sites excluding steroid dienone is 1. The summed E-state index contributed by atoms with van der Waals surface area (Å²) in [5.41, 5.74) is 0.775. The van der Waals surface area contributed by atoms with Gasteiger partial charge in [0.2, 0.25) is 0 Å². The lowest BCUT2D eigenvalue weighted by Gasteiger charge is -2.08. The predicted molar refractivity (Wildman–Crippen MR) is 92.7 cm³/mol. The number of aromatic nitrogens is 1. The van der Waals surface area contributed by atoms with Gasteiger partial charge in [-0.3, -0.25) is 10.2 Å². The van der Waals surface area contributed by atoms with Crippen molar-refractivity contribution in [1.82, 2.24) is 4.98 Å². The van der Waals surface area contributed by atoms with Gasteiger partial charge in [-0.25, -0.2) is 4.98 Å². The fourth-order valence-corrected chi connectivity index (χ4v) is 4.07. The number of ketones is 1. The maximum absolute atomic E-state index is 12.6. The number of methoxy groups -OCH3 is 2. The minimum Gasteiger partial charge on any atom is -0.497 e. The highest BCUT2D eigenvalue weighted by Gasteiger charge is 2.38. The van der Waals surface area contributed by atoms with Crippen molar-refractivity contribution in [2.75, 3.05) is 14.2 Å². The summed E-state index contributed by atoms with van der Waals surface area (Å²) in [6.07, 6.45) is 3.41. The monoisotopic (exact) mass is 346 g/mol. The van der Waals surface area contributed by atoms with E-state index < -0.39 is 5.92 Å². The molecular formula is C16H14N2O3S2. The van der Waals surface area contributed by atoms with Crippen LogP contribution in [-0.4, -0.2) is 30.0 Å². The van der Waals surface area contributed by atoms with Gasteiger partial charge in [-0.2, -0.15) is 0 Å². The molecule has 3 rings (SSSR count). The first-order valence-electron chi connectivity index (χ1n) is 6.77. The van der Waals surface area contributed by atoms with Gasteiger partial charge in [0, 0.05) is 23.2 Å². The molecule has 1 aliphatic heterocycles. The summed E-state index contributed by atoms with van der Waals surface area (Å²) in [4.78, 5) is 17.3. The number of nitrogens with one attached hydrogen (secondary N) is 1. The predicted octanol–water partition coefficient (Wildman–Crippen LogP) is 3.58. The van der Waals surface area contributed by atoms with Gasteiger partial charge in [-0.05, 0) is 18.2 Å². The van der Waals surface area contributed by atoms with Gasteiger partial charge >= 0.3 is 0 Å². The van der Waals surface area contributed by atoms with Crippen LogP contribution in [0.4, 0.5) is 0 Å². The summed E-state index contributed by atoms with van der Waals surface area (Å²) < 4.78 is 10.5. The maximum atomic E-state index is 12.6. The van der Waals surface area contributed by atoms with Crippen LogP contribution in [0.1, 0.15) is 16.5 Å². The summed E-state index contributed by atoms with van der Waals surface area (Å²) in [7, 11) is 3.16. The lowest BCUT2D eigenvalue weighted by Crippen LogP contribution is -2.11. The summed E-state index contributed by atoms with van der Waals surface area (Å²) >= 11 is 2.57. The van der Waals surface area contributed by atoms with E-state index >= 15 is 0 Å². The molecule has 1 fully saturated rings. The molecule has 0 unspecified atom stereocenters. The molecule has 2 aromatic rings. The van der Waals surface area contributed by atoms with Gasteiger partial charge in [0.15, 0.2) is 5.78 Å². The third kappa shape index (κ3) is 3.02. The molecule has 1 aromatic heterocycles. The summed E-state index contributed by atoms with van der Waals surface area (Å²) in [6.45, 7) is 0. The smallest absolute Gasteiger partial charge is 0.186 e. The van der Waals surface area contributed by atoms with Gasteiger partial charge in [-0.1, -0.05) is 11.8 Å².